The van der Waals surface area contributed by atoms with Crippen LogP contribution in [0.3, 0.4) is 0 Å². The lowest BCUT2D eigenvalue weighted by Crippen LogP contribution is -2.32. The van der Waals surface area contributed by atoms with E-state index in [1.165, 1.54) is 5.56 Å². The van der Waals surface area contributed by atoms with Crippen LogP contribution in [0.4, 0.5) is 0 Å². The van der Waals surface area contributed by atoms with Gasteiger partial charge in [0.05, 0.1) is 32.5 Å². The molecule has 1 aromatic rings. The Labute approximate surface area is 128 Å². The molecule has 1 saturated heterocycles. The van der Waals surface area contributed by atoms with E-state index in [-0.39, 0.29) is 6.10 Å². The summed E-state index contributed by atoms with van der Waals surface area (Å²) in [5.74, 6) is 0.955. The molecule has 21 heavy (non-hydrogen) atoms. The molecule has 118 valence electrons. The molecule has 1 unspecified atom stereocenters. The van der Waals surface area contributed by atoms with Gasteiger partial charge in [-0.2, -0.15) is 0 Å². The molecular weight excluding hydrogens is 266 g/mol. The minimum atomic E-state index is 0.269. The van der Waals surface area contributed by atoms with Crippen molar-refractivity contribution in [2.24, 2.45) is 0 Å². The summed E-state index contributed by atoms with van der Waals surface area (Å²) in [6, 6.07) is 8.21. The zero-order valence-corrected chi connectivity index (χ0v) is 13.2. The monoisotopic (exact) mass is 293 g/mol. The number of benzene rings is 1. The molecule has 4 nitrogen and oxygen atoms in total. The van der Waals surface area contributed by atoms with Gasteiger partial charge >= 0.3 is 0 Å². The lowest BCUT2D eigenvalue weighted by molar-refractivity contribution is -0.0922. The lowest BCUT2D eigenvalue weighted by atomic mass is 10.2. The summed E-state index contributed by atoms with van der Waals surface area (Å²) < 4.78 is 16.8. The van der Waals surface area contributed by atoms with Gasteiger partial charge < -0.3 is 19.1 Å². The highest BCUT2D eigenvalue weighted by Crippen LogP contribution is 2.11. The number of ether oxygens (including phenoxy) is 3. The van der Waals surface area contributed by atoms with E-state index in [1.807, 2.05) is 12.1 Å². The standard InChI is InChI=1S/C17H27NO3/c1-15-4-6-16(7-5-15)20-11-3-9-18(2)10-8-17-14-19-12-13-21-17/h4-7,17H,3,8-14H2,1-2H3. The molecule has 0 saturated carbocycles. The molecular formula is C17H27NO3. The Bertz CT molecular complexity index is 388. The van der Waals surface area contributed by atoms with Crippen LogP contribution in [0.25, 0.3) is 0 Å². The van der Waals surface area contributed by atoms with E-state index < -0.39 is 0 Å². The van der Waals surface area contributed by atoms with Gasteiger partial charge in [-0.05, 0) is 38.9 Å². The fraction of sp³-hybridized carbons (Fsp3) is 0.647. The highest BCUT2D eigenvalue weighted by molar-refractivity contribution is 5.26. The largest absolute Gasteiger partial charge is 0.494 e. The fourth-order valence-electron chi connectivity index (χ4n) is 2.34. The number of aryl methyl sites for hydroxylation is 1. The van der Waals surface area contributed by atoms with Crippen LogP contribution in [0.2, 0.25) is 0 Å². The van der Waals surface area contributed by atoms with Crippen molar-refractivity contribution in [2.45, 2.75) is 25.9 Å². The Morgan fingerprint density at radius 3 is 2.71 bits per heavy atom. The van der Waals surface area contributed by atoms with Crippen LogP contribution in [-0.2, 0) is 9.47 Å². The molecule has 1 atom stereocenters. The van der Waals surface area contributed by atoms with Crippen LogP contribution in [0.1, 0.15) is 18.4 Å². The van der Waals surface area contributed by atoms with Crippen LogP contribution in [0, 0.1) is 6.92 Å². The van der Waals surface area contributed by atoms with Crippen molar-refractivity contribution in [1.29, 1.82) is 0 Å². The molecule has 1 heterocycles. The molecule has 2 rings (SSSR count). The Morgan fingerprint density at radius 1 is 1.19 bits per heavy atom. The minimum absolute atomic E-state index is 0.269. The molecule has 0 aliphatic carbocycles. The second-order valence-corrected chi connectivity index (χ2v) is 5.67. The summed E-state index contributed by atoms with van der Waals surface area (Å²) in [6.45, 7) is 7.14. The number of nitrogens with zero attached hydrogens (tertiary/aromatic N) is 1. The predicted molar refractivity (Wildman–Crippen MR) is 84.0 cm³/mol. The zero-order chi connectivity index (χ0) is 14.9. The number of hydrogen-bond acceptors (Lipinski definition) is 4. The van der Waals surface area contributed by atoms with Gasteiger partial charge in [0.2, 0.25) is 0 Å². The van der Waals surface area contributed by atoms with Crippen molar-refractivity contribution in [3.63, 3.8) is 0 Å². The van der Waals surface area contributed by atoms with Crippen LogP contribution in [-0.4, -0.2) is 57.6 Å². The molecule has 0 bridgehead atoms. The van der Waals surface area contributed by atoms with Crippen LogP contribution in [0.5, 0.6) is 5.75 Å². The van der Waals surface area contributed by atoms with Gasteiger partial charge in [-0.15, -0.1) is 0 Å². The highest BCUT2D eigenvalue weighted by Gasteiger charge is 2.14. The average molecular weight is 293 g/mol. The summed E-state index contributed by atoms with van der Waals surface area (Å²) in [4.78, 5) is 2.33. The summed E-state index contributed by atoms with van der Waals surface area (Å²) in [7, 11) is 2.15. The lowest BCUT2D eigenvalue weighted by Gasteiger charge is -2.25. The van der Waals surface area contributed by atoms with Crippen LogP contribution >= 0.6 is 0 Å². The molecule has 0 N–H and O–H groups in total. The SMILES string of the molecule is Cc1ccc(OCCCN(C)CCC2COCCO2)cc1. The molecule has 4 heteroatoms. The summed E-state index contributed by atoms with van der Waals surface area (Å²) in [5.41, 5.74) is 1.26. The Kier molecular flexibility index (Phi) is 7.00. The number of rotatable bonds is 8. The molecule has 0 aromatic heterocycles. The Morgan fingerprint density at radius 2 is 2.00 bits per heavy atom. The van der Waals surface area contributed by atoms with E-state index in [2.05, 4.69) is 31.0 Å². The van der Waals surface area contributed by atoms with Gasteiger partial charge in [-0.25, -0.2) is 0 Å². The third-order valence-corrected chi connectivity index (χ3v) is 3.69. The minimum Gasteiger partial charge on any atom is -0.494 e. The molecule has 0 radical (unpaired) electrons. The highest BCUT2D eigenvalue weighted by atomic mass is 16.6. The van der Waals surface area contributed by atoms with E-state index in [4.69, 9.17) is 14.2 Å². The molecule has 1 aliphatic heterocycles. The maximum absolute atomic E-state index is 5.73. The number of hydrogen-bond donors (Lipinski definition) is 0. The zero-order valence-electron chi connectivity index (χ0n) is 13.2. The average Bonchev–Trinajstić information content (AvgIpc) is 2.52. The second kappa shape index (κ2) is 9.03. The van der Waals surface area contributed by atoms with Gasteiger partial charge in [0.1, 0.15) is 5.75 Å². The van der Waals surface area contributed by atoms with Crippen molar-refractivity contribution in [2.75, 3.05) is 46.6 Å². The molecule has 0 amide bonds. The van der Waals surface area contributed by atoms with E-state index in [0.29, 0.717) is 0 Å². The first-order chi connectivity index (χ1) is 10.2. The van der Waals surface area contributed by atoms with Crippen molar-refractivity contribution in [3.8, 4) is 5.75 Å². The normalized spacial score (nSPS) is 18.9. The fourth-order valence-corrected chi connectivity index (χ4v) is 2.34. The van der Waals surface area contributed by atoms with Gasteiger partial charge in [-0.1, -0.05) is 17.7 Å². The van der Waals surface area contributed by atoms with Gasteiger partial charge in [-0.3, -0.25) is 0 Å². The first kappa shape index (κ1) is 16.3. The summed E-state index contributed by atoms with van der Waals surface area (Å²) in [5, 5.41) is 0. The third-order valence-electron chi connectivity index (χ3n) is 3.69. The quantitative estimate of drug-likeness (QED) is 0.689. The molecule has 1 aromatic carbocycles. The van der Waals surface area contributed by atoms with Gasteiger partial charge in [0.25, 0.3) is 0 Å². The Balaban J connectivity index is 1.52. The second-order valence-electron chi connectivity index (χ2n) is 5.67. The van der Waals surface area contributed by atoms with E-state index >= 15 is 0 Å². The van der Waals surface area contributed by atoms with Crippen molar-refractivity contribution in [3.05, 3.63) is 29.8 Å². The maximum atomic E-state index is 5.73. The smallest absolute Gasteiger partial charge is 0.119 e. The third kappa shape index (κ3) is 6.46. The van der Waals surface area contributed by atoms with Crippen molar-refractivity contribution < 1.29 is 14.2 Å². The van der Waals surface area contributed by atoms with Gasteiger partial charge in [0.15, 0.2) is 0 Å². The van der Waals surface area contributed by atoms with E-state index in [1.54, 1.807) is 0 Å². The predicted octanol–water partition coefficient (Wildman–Crippen LogP) is 2.50. The molecule has 1 aliphatic rings. The first-order valence-electron chi connectivity index (χ1n) is 7.81. The van der Waals surface area contributed by atoms with Crippen molar-refractivity contribution in [1.82, 2.24) is 4.90 Å². The Hall–Kier alpha value is -1.10. The molecule has 1 fully saturated rings. The summed E-state index contributed by atoms with van der Waals surface area (Å²) in [6.07, 6.45) is 2.34. The van der Waals surface area contributed by atoms with E-state index in [9.17, 15) is 0 Å². The topological polar surface area (TPSA) is 30.9 Å². The van der Waals surface area contributed by atoms with Crippen LogP contribution in [0.15, 0.2) is 24.3 Å². The van der Waals surface area contributed by atoms with Gasteiger partial charge in [0, 0.05) is 13.1 Å². The van der Waals surface area contributed by atoms with Crippen LogP contribution < -0.4 is 4.74 Å². The molecule has 0 spiro atoms. The van der Waals surface area contributed by atoms with E-state index in [0.717, 1.165) is 58.1 Å². The summed E-state index contributed by atoms with van der Waals surface area (Å²) >= 11 is 0. The first-order valence-corrected chi connectivity index (χ1v) is 7.81. The maximum Gasteiger partial charge on any atom is 0.119 e. The van der Waals surface area contributed by atoms with Crippen molar-refractivity contribution >= 4 is 0 Å².